The lowest BCUT2D eigenvalue weighted by Gasteiger charge is -2.17. The van der Waals surface area contributed by atoms with Crippen molar-refractivity contribution in [1.29, 1.82) is 0 Å². The second kappa shape index (κ2) is 10.1. The van der Waals surface area contributed by atoms with Gasteiger partial charge in [0.1, 0.15) is 5.75 Å². The predicted octanol–water partition coefficient (Wildman–Crippen LogP) is 3.29. The molecule has 0 saturated carbocycles. The van der Waals surface area contributed by atoms with Crippen LogP contribution in [0.1, 0.15) is 22.5 Å². The lowest BCUT2D eigenvalue weighted by Crippen LogP contribution is -2.36. The second-order valence-corrected chi connectivity index (χ2v) is 7.48. The van der Waals surface area contributed by atoms with Crippen molar-refractivity contribution < 1.29 is 9.53 Å². The number of carbonyl (C=O) groups excluding carboxylic acids is 1. The second-order valence-electron chi connectivity index (χ2n) is 7.48. The van der Waals surface area contributed by atoms with E-state index in [1.807, 2.05) is 78.2 Å². The number of rotatable bonds is 9. The minimum atomic E-state index is 0.0122. The van der Waals surface area contributed by atoms with Crippen molar-refractivity contribution in [2.24, 2.45) is 0 Å². The Bertz CT molecular complexity index is 982. The van der Waals surface area contributed by atoms with Gasteiger partial charge in [-0.15, -0.1) is 0 Å². The van der Waals surface area contributed by atoms with E-state index in [0.29, 0.717) is 19.6 Å². The van der Waals surface area contributed by atoms with Crippen molar-refractivity contribution in [3.8, 4) is 11.4 Å². The van der Waals surface area contributed by atoms with E-state index in [-0.39, 0.29) is 5.91 Å². The number of nitrogens with zero attached hydrogens (tertiary/aromatic N) is 3. The number of methoxy groups -OCH3 is 1. The van der Waals surface area contributed by atoms with Crippen LogP contribution in [-0.4, -0.2) is 47.8 Å². The van der Waals surface area contributed by atoms with Crippen LogP contribution < -0.4 is 10.1 Å². The molecule has 6 nitrogen and oxygen atoms in total. The summed E-state index contributed by atoms with van der Waals surface area (Å²) >= 11 is 0. The number of para-hydroxylation sites is 2. The number of hydrogen-bond acceptors (Lipinski definition) is 4. The summed E-state index contributed by atoms with van der Waals surface area (Å²) in [4.78, 5) is 14.4. The Morgan fingerprint density at radius 1 is 1.10 bits per heavy atom. The van der Waals surface area contributed by atoms with Gasteiger partial charge < -0.3 is 10.1 Å². The summed E-state index contributed by atoms with van der Waals surface area (Å²) in [5, 5.41) is 7.69. The third kappa shape index (κ3) is 5.27. The summed E-state index contributed by atoms with van der Waals surface area (Å²) < 4.78 is 7.33. The van der Waals surface area contributed by atoms with Crippen LogP contribution in [0.3, 0.4) is 0 Å². The highest BCUT2D eigenvalue weighted by atomic mass is 16.5. The van der Waals surface area contributed by atoms with Crippen LogP contribution in [0.5, 0.6) is 5.75 Å². The number of benzene rings is 2. The summed E-state index contributed by atoms with van der Waals surface area (Å²) in [5.41, 5.74) is 5.37. The van der Waals surface area contributed by atoms with Gasteiger partial charge in [-0.2, -0.15) is 5.10 Å². The van der Waals surface area contributed by atoms with Gasteiger partial charge in [0.2, 0.25) is 5.91 Å². The van der Waals surface area contributed by atoms with Gasteiger partial charge in [-0.3, -0.25) is 9.69 Å². The zero-order valence-electron chi connectivity index (χ0n) is 18.2. The Balaban J connectivity index is 1.53. The van der Waals surface area contributed by atoms with E-state index in [0.717, 1.165) is 40.4 Å². The smallest absolute Gasteiger partial charge is 0.234 e. The van der Waals surface area contributed by atoms with E-state index in [2.05, 4.69) is 17.3 Å². The Labute approximate surface area is 178 Å². The van der Waals surface area contributed by atoms with Crippen LogP contribution >= 0.6 is 0 Å². The zero-order valence-corrected chi connectivity index (χ0v) is 18.2. The highest BCUT2D eigenvalue weighted by molar-refractivity contribution is 5.78. The first kappa shape index (κ1) is 21.6. The fourth-order valence-corrected chi connectivity index (χ4v) is 3.60. The number of carbonyl (C=O) groups is 1. The minimum Gasteiger partial charge on any atom is -0.496 e. The molecule has 1 N–H and O–H groups in total. The molecule has 3 rings (SSSR count). The van der Waals surface area contributed by atoms with Crippen LogP contribution in [0.2, 0.25) is 0 Å². The number of amides is 1. The Morgan fingerprint density at radius 2 is 1.80 bits per heavy atom. The summed E-state index contributed by atoms with van der Waals surface area (Å²) in [6.07, 6.45) is 0.738. The molecule has 2 aromatic carbocycles. The lowest BCUT2D eigenvalue weighted by molar-refractivity contribution is -0.122. The molecular weight excluding hydrogens is 376 g/mol. The van der Waals surface area contributed by atoms with Crippen molar-refractivity contribution in [2.45, 2.75) is 26.8 Å². The number of nitrogens with one attached hydrogen (secondary N) is 1. The highest BCUT2D eigenvalue weighted by Gasteiger charge is 2.16. The SMILES string of the molecule is COc1ccccc1CCNC(=O)CN(C)Cc1c(C)nn(-c2ccccc2)c1C. The molecule has 0 unspecified atom stereocenters. The Kier molecular flexibility index (Phi) is 7.25. The Morgan fingerprint density at radius 3 is 2.53 bits per heavy atom. The van der Waals surface area contributed by atoms with E-state index in [9.17, 15) is 4.79 Å². The molecule has 0 saturated heterocycles. The lowest BCUT2D eigenvalue weighted by atomic mass is 10.1. The predicted molar refractivity (Wildman–Crippen MR) is 119 cm³/mol. The van der Waals surface area contributed by atoms with Crippen LogP contribution in [0.4, 0.5) is 0 Å². The van der Waals surface area contributed by atoms with Crippen LogP contribution in [0.25, 0.3) is 5.69 Å². The number of aromatic nitrogens is 2. The van der Waals surface area contributed by atoms with Crippen molar-refractivity contribution in [3.05, 3.63) is 77.1 Å². The summed E-state index contributed by atoms with van der Waals surface area (Å²) in [6.45, 7) is 5.68. The molecule has 0 fully saturated rings. The molecule has 158 valence electrons. The van der Waals surface area contributed by atoms with E-state index in [1.54, 1.807) is 7.11 Å². The van der Waals surface area contributed by atoms with Gasteiger partial charge in [-0.1, -0.05) is 36.4 Å². The molecule has 1 heterocycles. The quantitative estimate of drug-likeness (QED) is 0.592. The van der Waals surface area contributed by atoms with Gasteiger partial charge >= 0.3 is 0 Å². The van der Waals surface area contributed by atoms with Gasteiger partial charge in [0.15, 0.2) is 0 Å². The number of hydrogen-bond donors (Lipinski definition) is 1. The molecule has 0 aliphatic heterocycles. The summed E-state index contributed by atoms with van der Waals surface area (Å²) in [5.74, 6) is 0.864. The largest absolute Gasteiger partial charge is 0.496 e. The molecule has 3 aromatic rings. The average Bonchev–Trinajstić information content (AvgIpc) is 3.03. The molecule has 1 amide bonds. The van der Waals surface area contributed by atoms with Gasteiger partial charge in [0.25, 0.3) is 0 Å². The molecule has 0 spiro atoms. The van der Waals surface area contributed by atoms with Gasteiger partial charge in [-0.25, -0.2) is 4.68 Å². The topological polar surface area (TPSA) is 59.4 Å². The molecule has 0 bridgehead atoms. The first-order chi connectivity index (χ1) is 14.5. The molecular formula is C24H30N4O2. The van der Waals surface area contributed by atoms with Gasteiger partial charge in [0, 0.05) is 24.3 Å². The van der Waals surface area contributed by atoms with E-state index in [4.69, 9.17) is 4.74 Å². The normalized spacial score (nSPS) is 11.0. The maximum absolute atomic E-state index is 12.4. The van der Waals surface area contributed by atoms with Gasteiger partial charge in [-0.05, 0) is 51.1 Å². The molecule has 1 aromatic heterocycles. The highest BCUT2D eigenvalue weighted by Crippen LogP contribution is 2.19. The monoisotopic (exact) mass is 406 g/mol. The third-order valence-corrected chi connectivity index (χ3v) is 5.19. The average molecular weight is 407 g/mol. The summed E-state index contributed by atoms with van der Waals surface area (Å²) in [7, 11) is 3.62. The summed E-state index contributed by atoms with van der Waals surface area (Å²) in [6, 6.07) is 18.0. The molecule has 30 heavy (non-hydrogen) atoms. The van der Waals surface area contributed by atoms with E-state index < -0.39 is 0 Å². The van der Waals surface area contributed by atoms with E-state index >= 15 is 0 Å². The molecule has 0 radical (unpaired) electrons. The maximum atomic E-state index is 12.4. The molecule has 0 aliphatic rings. The Hall–Kier alpha value is -3.12. The van der Waals surface area contributed by atoms with Crippen LogP contribution in [0.15, 0.2) is 54.6 Å². The van der Waals surface area contributed by atoms with Crippen molar-refractivity contribution in [2.75, 3.05) is 27.2 Å². The molecule has 6 heteroatoms. The first-order valence-electron chi connectivity index (χ1n) is 10.2. The molecule has 0 atom stereocenters. The third-order valence-electron chi connectivity index (χ3n) is 5.19. The van der Waals surface area contributed by atoms with Crippen molar-refractivity contribution >= 4 is 5.91 Å². The minimum absolute atomic E-state index is 0.0122. The number of aryl methyl sites for hydroxylation is 1. The fourth-order valence-electron chi connectivity index (χ4n) is 3.60. The van der Waals surface area contributed by atoms with Crippen molar-refractivity contribution in [3.63, 3.8) is 0 Å². The van der Waals surface area contributed by atoms with E-state index in [1.165, 1.54) is 0 Å². The fraction of sp³-hybridized carbons (Fsp3) is 0.333. The first-order valence-corrected chi connectivity index (χ1v) is 10.2. The zero-order chi connectivity index (χ0) is 21.5. The van der Waals surface area contributed by atoms with Gasteiger partial charge in [0.05, 0.1) is 25.0 Å². The maximum Gasteiger partial charge on any atom is 0.234 e. The van der Waals surface area contributed by atoms with Crippen molar-refractivity contribution in [1.82, 2.24) is 20.0 Å². The van der Waals surface area contributed by atoms with Crippen LogP contribution in [0, 0.1) is 13.8 Å². The molecule has 0 aliphatic carbocycles. The standard InChI is InChI=1S/C24H30N4O2/c1-18-22(19(2)28(26-18)21-11-6-5-7-12-21)16-27(3)17-24(29)25-15-14-20-10-8-9-13-23(20)30-4/h5-13H,14-17H2,1-4H3,(H,25,29). The van der Waals surface area contributed by atoms with Crippen LogP contribution in [-0.2, 0) is 17.8 Å². The number of ether oxygens (including phenoxy) is 1. The number of likely N-dealkylation sites (N-methyl/N-ethyl adjacent to an activating group) is 1.